The number of carbonyl (C=O) groups is 1. The highest BCUT2D eigenvalue weighted by molar-refractivity contribution is 5.79. The number of methoxy groups -OCH3 is 1. The van der Waals surface area contributed by atoms with Crippen molar-refractivity contribution in [3.05, 3.63) is 23.7 Å². The standard InChI is InChI=1S/C8H10FNO2/c1-8(12-2)3-6(5-11)7(9)4-10-8/h3-5,10H,1-2H3. The van der Waals surface area contributed by atoms with Gasteiger partial charge in [0.2, 0.25) is 0 Å². The molecule has 1 unspecified atom stereocenters. The second-order valence-electron chi connectivity index (χ2n) is 2.67. The molecule has 0 aromatic heterocycles. The van der Waals surface area contributed by atoms with Crippen LogP contribution in [0, 0.1) is 0 Å². The Morgan fingerprint density at radius 1 is 1.75 bits per heavy atom. The molecule has 4 heteroatoms. The van der Waals surface area contributed by atoms with Gasteiger partial charge in [0.1, 0.15) is 5.83 Å². The average Bonchev–Trinajstić information content (AvgIpc) is 2.10. The van der Waals surface area contributed by atoms with Gasteiger partial charge in [0.25, 0.3) is 0 Å². The van der Waals surface area contributed by atoms with Crippen molar-refractivity contribution in [1.82, 2.24) is 5.32 Å². The molecule has 1 atom stereocenters. The predicted octanol–water partition coefficient (Wildman–Crippen LogP) is 0.888. The summed E-state index contributed by atoms with van der Waals surface area (Å²) in [5.74, 6) is -0.570. The number of allylic oxidation sites excluding steroid dienone is 2. The fraction of sp³-hybridized carbons (Fsp3) is 0.375. The molecule has 1 aliphatic rings. The Bertz CT molecular complexity index is 260. The number of nitrogens with one attached hydrogen (secondary N) is 1. The van der Waals surface area contributed by atoms with Gasteiger partial charge in [-0.15, -0.1) is 0 Å². The van der Waals surface area contributed by atoms with Crippen LogP contribution in [-0.2, 0) is 9.53 Å². The summed E-state index contributed by atoms with van der Waals surface area (Å²) in [6.45, 7) is 1.69. The second-order valence-corrected chi connectivity index (χ2v) is 2.67. The highest BCUT2D eigenvalue weighted by atomic mass is 19.1. The maximum atomic E-state index is 12.8. The molecular formula is C8H10FNO2. The number of aldehydes is 1. The van der Waals surface area contributed by atoms with Gasteiger partial charge in [-0.3, -0.25) is 4.79 Å². The Hall–Kier alpha value is -1.16. The largest absolute Gasteiger partial charge is 0.358 e. The van der Waals surface area contributed by atoms with Gasteiger partial charge in [0.15, 0.2) is 12.0 Å². The number of carbonyl (C=O) groups excluding carboxylic acids is 1. The second kappa shape index (κ2) is 3.06. The average molecular weight is 171 g/mol. The van der Waals surface area contributed by atoms with E-state index in [9.17, 15) is 9.18 Å². The molecule has 0 aliphatic carbocycles. The third kappa shape index (κ3) is 1.53. The predicted molar refractivity (Wildman–Crippen MR) is 41.9 cm³/mol. The number of halogens is 1. The summed E-state index contributed by atoms with van der Waals surface area (Å²) in [5.41, 5.74) is -0.774. The quantitative estimate of drug-likeness (QED) is 0.627. The monoisotopic (exact) mass is 171 g/mol. The van der Waals surface area contributed by atoms with Crippen molar-refractivity contribution in [3.63, 3.8) is 0 Å². The molecule has 66 valence electrons. The highest BCUT2D eigenvalue weighted by Gasteiger charge is 2.24. The molecule has 0 aromatic rings. The van der Waals surface area contributed by atoms with Crippen LogP contribution in [0.2, 0.25) is 0 Å². The molecule has 0 spiro atoms. The van der Waals surface area contributed by atoms with Crippen molar-refractivity contribution in [2.45, 2.75) is 12.6 Å². The van der Waals surface area contributed by atoms with E-state index in [1.54, 1.807) is 6.92 Å². The molecule has 1 rings (SSSR count). The topological polar surface area (TPSA) is 38.3 Å². The minimum Gasteiger partial charge on any atom is -0.358 e. The fourth-order valence-electron chi connectivity index (χ4n) is 0.906. The van der Waals surface area contributed by atoms with Crippen molar-refractivity contribution in [1.29, 1.82) is 0 Å². The summed E-state index contributed by atoms with van der Waals surface area (Å²) in [4.78, 5) is 10.3. The zero-order chi connectivity index (χ0) is 9.19. The number of dihydropyridines is 1. The van der Waals surface area contributed by atoms with Crippen molar-refractivity contribution in [3.8, 4) is 0 Å². The first kappa shape index (κ1) is 8.93. The van der Waals surface area contributed by atoms with Crippen molar-refractivity contribution in [2.24, 2.45) is 0 Å². The molecule has 0 bridgehead atoms. The summed E-state index contributed by atoms with van der Waals surface area (Å²) >= 11 is 0. The molecule has 0 saturated heterocycles. The fourth-order valence-corrected chi connectivity index (χ4v) is 0.906. The molecule has 1 aliphatic heterocycles. The van der Waals surface area contributed by atoms with Crippen LogP contribution in [0.1, 0.15) is 6.92 Å². The zero-order valence-corrected chi connectivity index (χ0v) is 6.93. The first-order chi connectivity index (χ1) is 5.61. The Morgan fingerprint density at radius 2 is 2.42 bits per heavy atom. The van der Waals surface area contributed by atoms with Crippen LogP contribution >= 0.6 is 0 Å². The van der Waals surface area contributed by atoms with Gasteiger partial charge in [-0.1, -0.05) is 0 Å². The minimum absolute atomic E-state index is 0.0121. The number of ether oxygens (including phenoxy) is 1. The van der Waals surface area contributed by atoms with Gasteiger partial charge in [0.05, 0.1) is 5.57 Å². The van der Waals surface area contributed by atoms with E-state index in [1.807, 2.05) is 0 Å². The van der Waals surface area contributed by atoms with Gasteiger partial charge >= 0.3 is 0 Å². The van der Waals surface area contributed by atoms with E-state index in [0.29, 0.717) is 6.29 Å². The van der Waals surface area contributed by atoms with E-state index in [1.165, 1.54) is 13.2 Å². The van der Waals surface area contributed by atoms with E-state index >= 15 is 0 Å². The van der Waals surface area contributed by atoms with Crippen LogP contribution in [0.4, 0.5) is 4.39 Å². The SMILES string of the molecule is COC1(C)C=C(C=O)C(F)=CN1. The maximum Gasteiger partial charge on any atom is 0.155 e. The third-order valence-electron chi connectivity index (χ3n) is 1.74. The number of rotatable bonds is 2. The number of hydrogen-bond donors (Lipinski definition) is 1. The van der Waals surface area contributed by atoms with E-state index in [0.717, 1.165) is 6.20 Å². The zero-order valence-electron chi connectivity index (χ0n) is 6.93. The Kier molecular flexibility index (Phi) is 2.28. The number of hydrogen-bond acceptors (Lipinski definition) is 3. The molecule has 0 saturated carbocycles. The van der Waals surface area contributed by atoms with Gasteiger partial charge in [-0.2, -0.15) is 0 Å². The van der Waals surface area contributed by atoms with Gasteiger partial charge in [-0.25, -0.2) is 4.39 Å². The Labute approximate surface area is 69.9 Å². The lowest BCUT2D eigenvalue weighted by molar-refractivity contribution is -0.105. The van der Waals surface area contributed by atoms with E-state index in [2.05, 4.69) is 5.32 Å². The lowest BCUT2D eigenvalue weighted by atomic mass is 10.1. The molecular weight excluding hydrogens is 161 g/mol. The van der Waals surface area contributed by atoms with Crippen molar-refractivity contribution >= 4 is 6.29 Å². The summed E-state index contributed by atoms with van der Waals surface area (Å²) in [5, 5.41) is 2.66. The van der Waals surface area contributed by atoms with Crippen LogP contribution in [-0.4, -0.2) is 19.1 Å². The van der Waals surface area contributed by atoms with Crippen LogP contribution in [0.15, 0.2) is 23.7 Å². The summed E-state index contributed by atoms with van der Waals surface area (Å²) < 4.78 is 17.8. The van der Waals surface area contributed by atoms with E-state index in [-0.39, 0.29) is 5.57 Å². The maximum absolute atomic E-state index is 12.8. The summed E-state index contributed by atoms with van der Waals surface area (Å²) in [6, 6.07) is 0. The van der Waals surface area contributed by atoms with Crippen LogP contribution in [0.25, 0.3) is 0 Å². The summed E-state index contributed by atoms with van der Waals surface area (Å²) in [6.07, 6.45) is 2.98. The molecule has 0 amide bonds. The van der Waals surface area contributed by atoms with E-state index < -0.39 is 11.6 Å². The molecule has 0 aromatic carbocycles. The molecule has 1 N–H and O–H groups in total. The van der Waals surface area contributed by atoms with Crippen LogP contribution in [0.5, 0.6) is 0 Å². The van der Waals surface area contributed by atoms with Crippen LogP contribution < -0.4 is 5.32 Å². The molecule has 3 nitrogen and oxygen atoms in total. The highest BCUT2D eigenvalue weighted by Crippen LogP contribution is 2.20. The van der Waals surface area contributed by atoms with Crippen molar-refractivity contribution < 1.29 is 13.9 Å². The minimum atomic E-state index is -0.786. The first-order valence-corrected chi connectivity index (χ1v) is 3.48. The van der Waals surface area contributed by atoms with Crippen molar-refractivity contribution in [2.75, 3.05) is 7.11 Å². The smallest absolute Gasteiger partial charge is 0.155 e. The van der Waals surface area contributed by atoms with Gasteiger partial charge in [0, 0.05) is 13.3 Å². The van der Waals surface area contributed by atoms with Crippen LogP contribution in [0.3, 0.4) is 0 Å². The molecule has 12 heavy (non-hydrogen) atoms. The molecule has 0 fully saturated rings. The lowest BCUT2D eigenvalue weighted by Gasteiger charge is -2.28. The summed E-state index contributed by atoms with van der Waals surface area (Å²) in [7, 11) is 1.48. The lowest BCUT2D eigenvalue weighted by Crippen LogP contribution is -2.41. The molecule has 0 radical (unpaired) electrons. The first-order valence-electron chi connectivity index (χ1n) is 3.48. The Balaban J connectivity index is 2.94. The Morgan fingerprint density at radius 3 is 2.92 bits per heavy atom. The van der Waals surface area contributed by atoms with Gasteiger partial charge in [-0.05, 0) is 13.0 Å². The molecule has 1 heterocycles. The third-order valence-corrected chi connectivity index (χ3v) is 1.74. The van der Waals surface area contributed by atoms with E-state index in [4.69, 9.17) is 4.74 Å². The van der Waals surface area contributed by atoms with Gasteiger partial charge < -0.3 is 10.1 Å². The normalized spacial score (nSPS) is 28.6.